The van der Waals surface area contributed by atoms with Crippen molar-refractivity contribution >= 4 is 46.3 Å². The second kappa shape index (κ2) is 9.65. The number of ether oxygens (including phenoxy) is 1. The normalized spacial score (nSPS) is 14.3. The van der Waals surface area contributed by atoms with Crippen LogP contribution >= 0.6 is 23.2 Å². The fourth-order valence-electron chi connectivity index (χ4n) is 3.22. The van der Waals surface area contributed by atoms with E-state index >= 15 is 0 Å². The molecular formula is C23H24Cl2N2O3. The molecule has 5 nitrogen and oxygen atoms in total. The molecule has 1 N–H and O–H groups in total. The molecule has 0 saturated heterocycles. The van der Waals surface area contributed by atoms with E-state index in [-0.39, 0.29) is 30.2 Å². The second-order valence-corrected chi connectivity index (χ2v) is 8.25. The van der Waals surface area contributed by atoms with Gasteiger partial charge in [-0.2, -0.15) is 0 Å². The van der Waals surface area contributed by atoms with Crippen LogP contribution in [0.2, 0.25) is 10.0 Å². The van der Waals surface area contributed by atoms with Gasteiger partial charge in [-0.25, -0.2) is 0 Å². The SMILES string of the molecule is Cc1cc(Cl)ccc1NC1=C(c2ccc(Cl)cc2)C(=O)N(CCCOC(C)C)C1=O. The standard InChI is InChI=1S/C23H24Cl2N2O3/c1-14(2)30-12-4-11-27-22(28)20(16-5-7-17(24)8-6-16)21(23(27)29)26-19-10-9-18(25)13-15(19)3/h5-10,13-14,26H,4,11-12H2,1-3H3. The van der Waals surface area contributed by atoms with Crippen molar-refractivity contribution in [3.63, 3.8) is 0 Å². The molecule has 0 spiro atoms. The molecule has 2 aromatic carbocycles. The Morgan fingerprint density at radius 1 is 1.00 bits per heavy atom. The molecule has 0 fully saturated rings. The zero-order valence-electron chi connectivity index (χ0n) is 17.2. The van der Waals surface area contributed by atoms with Crippen LogP contribution in [0.25, 0.3) is 5.57 Å². The average Bonchev–Trinajstić information content (AvgIpc) is 2.92. The summed E-state index contributed by atoms with van der Waals surface area (Å²) in [6.07, 6.45) is 0.666. The zero-order chi connectivity index (χ0) is 21.8. The summed E-state index contributed by atoms with van der Waals surface area (Å²) in [6.45, 7) is 6.54. The number of hydrogen-bond donors (Lipinski definition) is 1. The summed E-state index contributed by atoms with van der Waals surface area (Å²) in [5.74, 6) is -0.690. The highest BCUT2D eigenvalue weighted by atomic mass is 35.5. The molecule has 7 heteroatoms. The minimum Gasteiger partial charge on any atom is -0.379 e. The van der Waals surface area contributed by atoms with Crippen molar-refractivity contribution in [3.05, 3.63) is 69.3 Å². The van der Waals surface area contributed by atoms with Crippen molar-refractivity contribution in [3.8, 4) is 0 Å². The first-order chi connectivity index (χ1) is 14.3. The van der Waals surface area contributed by atoms with Gasteiger partial charge in [0.15, 0.2) is 0 Å². The molecule has 2 amide bonds. The van der Waals surface area contributed by atoms with Gasteiger partial charge in [-0.3, -0.25) is 14.5 Å². The van der Waals surface area contributed by atoms with Crippen molar-refractivity contribution in [2.75, 3.05) is 18.5 Å². The quantitative estimate of drug-likeness (QED) is 0.440. The van der Waals surface area contributed by atoms with Crippen molar-refractivity contribution in [2.45, 2.75) is 33.3 Å². The predicted molar refractivity (Wildman–Crippen MR) is 121 cm³/mol. The van der Waals surface area contributed by atoms with E-state index in [1.54, 1.807) is 42.5 Å². The number of benzene rings is 2. The maximum atomic E-state index is 13.2. The Morgan fingerprint density at radius 2 is 1.67 bits per heavy atom. The summed E-state index contributed by atoms with van der Waals surface area (Å²) in [5, 5.41) is 4.32. The summed E-state index contributed by atoms with van der Waals surface area (Å²) in [5.41, 5.74) is 2.79. The molecule has 1 aliphatic heterocycles. The van der Waals surface area contributed by atoms with Gasteiger partial charge in [0.25, 0.3) is 11.8 Å². The molecule has 158 valence electrons. The maximum absolute atomic E-state index is 13.2. The van der Waals surface area contributed by atoms with Crippen molar-refractivity contribution < 1.29 is 14.3 Å². The van der Waals surface area contributed by atoms with E-state index in [0.717, 1.165) is 5.56 Å². The molecule has 0 radical (unpaired) electrons. The van der Waals surface area contributed by atoms with E-state index < -0.39 is 0 Å². The van der Waals surface area contributed by atoms with Gasteiger partial charge in [0.05, 0.1) is 11.7 Å². The van der Waals surface area contributed by atoms with Gasteiger partial charge in [0, 0.05) is 28.9 Å². The van der Waals surface area contributed by atoms with Gasteiger partial charge >= 0.3 is 0 Å². The van der Waals surface area contributed by atoms with Gasteiger partial charge < -0.3 is 10.1 Å². The monoisotopic (exact) mass is 446 g/mol. The molecular weight excluding hydrogens is 423 g/mol. The summed E-state index contributed by atoms with van der Waals surface area (Å²) >= 11 is 12.1. The Morgan fingerprint density at radius 3 is 2.30 bits per heavy atom. The molecule has 3 rings (SSSR count). The number of carbonyl (C=O) groups excluding carboxylic acids is 2. The molecule has 2 aromatic rings. The van der Waals surface area contributed by atoms with Crippen molar-refractivity contribution in [1.82, 2.24) is 4.90 Å². The van der Waals surface area contributed by atoms with Gasteiger partial charge in [-0.15, -0.1) is 0 Å². The van der Waals surface area contributed by atoms with E-state index in [0.29, 0.717) is 39.9 Å². The fraction of sp³-hybridized carbons (Fsp3) is 0.304. The van der Waals surface area contributed by atoms with Crippen molar-refractivity contribution in [1.29, 1.82) is 0 Å². The first-order valence-corrected chi connectivity index (χ1v) is 10.5. The smallest absolute Gasteiger partial charge is 0.278 e. The zero-order valence-corrected chi connectivity index (χ0v) is 18.7. The number of aryl methyl sites for hydroxylation is 1. The minimum absolute atomic E-state index is 0.0999. The summed E-state index contributed by atoms with van der Waals surface area (Å²) in [7, 11) is 0. The summed E-state index contributed by atoms with van der Waals surface area (Å²) in [6, 6.07) is 12.2. The lowest BCUT2D eigenvalue weighted by Crippen LogP contribution is -2.34. The number of nitrogens with zero attached hydrogens (tertiary/aromatic N) is 1. The maximum Gasteiger partial charge on any atom is 0.278 e. The van der Waals surface area contributed by atoms with E-state index in [2.05, 4.69) is 5.32 Å². The molecule has 1 heterocycles. The molecule has 0 atom stereocenters. The topological polar surface area (TPSA) is 58.6 Å². The lowest BCUT2D eigenvalue weighted by atomic mass is 10.0. The highest BCUT2D eigenvalue weighted by Crippen LogP contribution is 2.32. The molecule has 1 aliphatic rings. The lowest BCUT2D eigenvalue weighted by Gasteiger charge is -2.16. The fourth-order valence-corrected chi connectivity index (χ4v) is 3.58. The Bertz CT molecular complexity index is 984. The van der Waals surface area contributed by atoms with Crippen LogP contribution in [0.5, 0.6) is 0 Å². The van der Waals surface area contributed by atoms with E-state index in [9.17, 15) is 9.59 Å². The Balaban J connectivity index is 1.92. The number of nitrogens with one attached hydrogen (secondary N) is 1. The van der Waals surface area contributed by atoms with Crippen LogP contribution in [0.4, 0.5) is 5.69 Å². The lowest BCUT2D eigenvalue weighted by molar-refractivity contribution is -0.137. The number of anilines is 1. The minimum atomic E-state index is -0.358. The van der Waals surface area contributed by atoms with E-state index in [4.69, 9.17) is 27.9 Å². The highest BCUT2D eigenvalue weighted by molar-refractivity contribution is 6.37. The molecule has 0 aromatic heterocycles. The van der Waals surface area contributed by atoms with Gasteiger partial charge in [-0.1, -0.05) is 35.3 Å². The number of rotatable bonds is 8. The number of carbonyl (C=O) groups is 2. The van der Waals surface area contributed by atoms with Gasteiger partial charge in [0.2, 0.25) is 0 Å². The number of hydrogen-bond acceptors (Lipinski definition) is 4. The van der Waals surface area contributed by atoms with Crippen LogP contribution in [-0.4, -0.2) is 36.0 Å². The predicted octanol–water partition coefficient (Wildman–Crippen LogP) is 5.31. The van der Waals surface area contributed by atoms with Crippen LogP contribution in [0.3, 0.4) is 0 Å². The van der Waals surface area contributed by atoms with Crippen LogP contribution in [0.15, 0.2) is 48.2 Å². The molecule has 0 aliphatic carbocycles. The third-order valence-corrected chi connectivity index (χ3v) is 5.21. The van der Waals surface area contributed by atoms with Gasteiger partial charge in [-0.05, 0) is 68.7 Å². The third-order valence-electron chi connectivity index (χ3n) is 4.73. The summed E-state index contributed by atoms with van der Waals surface area (Å²) < 4.78 is 5.54. The Labute approximate surface area is 186 Å². The van der Waals surface area contributed by atoms with E-state index in [1.165, 1.54) is 4.90 Å². The molecule has 0 unspecified atom stereocenters. The number of halogens is 2. The second-order valence-electron chi connectivity index (χ2n) is 7.38. The van der Waals surface area contributed by atoms with Crippen LogP contribution in [0, 0.1) is 6.92 Å². The Hall–Kier alpha value is -2.34. The molecule has 30 heavy (non-hydrogen) atoms. The van der Waals surface area contributed by atoms with E-state index in [1.807, 2.05) is 20.8 Å². The molecule has 0 bridgehead atoms. The number of amides is 2. The Kier molecular flexibility index (Phi) is 7.19. The first kappa shape index (κ1) is 22.3. The largest absolute Gasteiger partial charge is 0.379 e. The number of imide groups is 1. The highest BCUT2D eigenvalue weighted by Gasteiger charge is 2.39. The average molecular weight is 447 g/mol. The van der Waals surface area contributed by atoms with Crippen molar-refractivity contribution in [2.24, 2.45) is 0 Å². The first-order valence-electron chi connectivity index (χ1n) is 9.79. The van der Waals surface area contributed by atoms with Crippen LogP contribution in [0.1, 0.15) is 31.4 Å². The molecule has 0 saturated carbocycles. The van der Waals surface area contributed by atoms with Gasteiger partial charge in [0.1, 0.15) is 5.70 Å². The van der Waals surface area contributed by atoms with Crippen LogP contribution < -0.4 is 5.32 Å². The summed E-state index contributed by atoms with van der Waals surface area (Å²) in [4.78, 5) is 27.6. The third kappa shape index (κ3) is 5.04. The van der Waals surface area contributed by atoms with Crippen LogP contribution in [-0.2, 0) is 14.3 Å².